The summed E-state index contributed by atoms with van der Waals surface area (Å²) in [7, 11) is 1.61. The van der Waals surface area contributed by atoms with Crippen molar-refractivity contribution < 1.29 is 14.6 Å². The first-order valence-electron chi connectivity index (χ1n) is 7.37. The lowest BCUT2D eigenvalue weighted by molar-refractivity contribution is 0.0593. The summed E-state index contributed by atoms with van der Waals surface area (Å²) in [5.41, 5.74) is 0.708. The lowest BCUT2D eigenvalue weighted by Crippen LogP contribution is -2.44. The number of thiophene rings is 1. The number of methoxy groups -OCH3 is 1. The summed E-state index contributed by atoms with van der Waals surface area (Å²) in [6.45, 7) is 2.17. The van der Waals surface area contributed by atoms with E-state index < -0.39 is 5.60 Å². The molecule has 0 radical (unpaired) electrons. The predicted molar refractivity (Wildman–Crippen MR) is 91.5 cm³/mol. The summed E-state index contributed by atoms with van der Waals surface area (Å²) in [6, 6.07) is 11.2. The number of ether oxygens (including phenoxy) is 1. The van der Waals surface area contributed by atoms with E-state index in [0.29, 0.717) is 6.54 Å². The van der Waals surface area contributed by atoms with Crippen molar-refractivity contribution in [3.8, 4) is 0 Å². The van der Waals surface area contributed by atoms with Crippen LogP contribution >= 0.6 is 11.3 Å². The SMILES string of the molecule is CO[C@@H](CNC(=O)NC[C@](C)(O)c1ccsc1)c1ccccc1. The van der Waals surface area contributed by atoms with Gasteiger partial charge in [0.25, 0.3) is 0 Å². The van der Waals surface area contributed by atoms with E-state index in [1.54, 1.807) is 14.0 Å². The Labute approximate surface area is 140 Å². The summed E-state index contributed by atoms with van der Waals surface area (Å²) in [6.07, 6.45) is -0.209. The molecule has 23 heavy (non-hydrogen) atoms. The van der Waals surface area contributed by atoms with Crippen molar-refractivity contribution in [3.63, 3.8) is 0 Å². The lowest BCUT2D eigenvalue weighted by atomic mass is 9.99. The van der Waals surface area contributed by atoms with Crippen LogP contribution in [0.1, 0.15) is 24.2 Å². The first-order valence-corrected chi connectivity index (χ1v) is 8.31. The van der Waals surface area contributed by atoms with Gasteiger partial charge >= 0.3 is 6.03 Å². The number of carbonyl (C=O) groups is 1. The van der Waals surface area contributed by atoms with Crippen LogP contribution in [0.5, 0.6) is 0 Å². The molecule has 0 aliphatic carbocycles. The molecule has 0 spiro atoms. The molecule has 124 valence electrons. The topological polar surface area (TPSA) is 70.6 Å². The number of hydrogen-bond donors (Lipinski definition) is 3. The van der Waals surface area contributed by atoms with Gasteiger partial charge in [0.1, 0.15) is 5.60 Å². The molecule has 1 aromatic carbocycles. The van der Waals surface area contributed by atoms with Gasteiger partial charge in [-0.05, 0) is 34.9 Å². The summed E-state index contributed by atoms with van der Waals surface area (Å²) < 4.78 is 5.40. The van der Waals surface area contributed by atoms with Gasteiger partial charge in [0.15, 0.2) is 0 Å². The molecule has 1 heterocycles. The van der Waals surface area contributed by atoms with Gasteiger partial charge < -0.3 is 20.5 Å². The van der Waals surface area contributed by atoms with E-state index in [9.17, 15) is 9.90 Å². The highest BCUT2D eigenvalue weighted by Gasteiger charge is 2.24. The Balaban J connectivity index is 1.81. The highest BCUT2D eigenvalue weighted by molar-refractivity contribution is 7.08. The van der Waals surface area contributed by atoms with Crippen LogP contribution in [0.4, 0.5) is 4.79 Å². The molecule has 0 saturated carbocycles. The third-order valence-corrected chi connectivity index (χ3v) is 4.32. The van der Waals surface area contributed by atoms with E-state index in [1.165, 1.54) is 11.3 Å². The van der Waals surface area contributed by atoms with Crippen LogP contribution in [0.2, 0.25) is 0 Å². The third-order valence-electron chi connectivity index (χ3n) is 3.64. The molecule has 0 unspecified atom stereocenters. The Bertz CT molecular complexity index is 600. The van der Waals surface area contributed by atoms with Gasteiger partial charge in [0.05, 0.1) is 12.6 Å². The number of carbonyl (C=O) groups excluding carboxylic acids is 1. The van der Waals surface area contributed by atoms with E-state index in [1.807, 2.05) is 47.2 Å². The van der Waals surface area contributed by atoms with E-state index in [-0.39, 0.29) is 18.7 Å². The fourth-order valence-corrected chi connectivity index (χ4v) is 2.96. The van der Waals surface area contributed by atoms with Gasteiger partial charge in [0, 0.05) is 13.7 Å². The summed E-state index contributed by atoms with van der Waals surface area (Å²) in [5.74, 6) is 0. The van der Waals surface area contributed by atoms with Crippen LogP contribution in [0.3, 0.4) is 0 Å². The van der Waals surface area contributed by atoms with Crippen LogP contribution < -0.4 is 10.6 Å². The highest BCUT2D eigenvalue weighted by atomic mass is 32.1. The fourth-order valence-electron chi connectivity index (χ4n) is 2.18. The van der Waals surface area contributed by atoms with Gasteiger partial charge in [-0.1, -0.05) is 30.3 Å². The minimum Gasteiger partial charge on any atom is -0.384 e. The molecular weight excluding hydrogens is 312 g/mol. The molecule has 0 aliphatic rings. The summed E-state index contributed by atoms with van der Waals surface area (Å²) in [5, 5.41) is 19.6. The van der Waals surface area contributed by atoms with Crippen molar-refractivity contribution in [2.45, 2.75) is 18.6 Å². The Hall–Kier alpha value is -1.89. The number of rotatable bonds is 7. The number of aliphatic hydroxyl groups is 1. The Morgan fingerprint density at radius 2 is 2.04 bits per heavy atom. The maximum atomic E-state index is 11.9. The minimum atomic E-state index is -1.09. The maximum Gasteiger partial charge on any atom is 0.315 e. The molecule has 0 aliphatic heterocycles. The summed E-state index contributed by atoms with van der Waals surface area (Å²) >= 11 is 1.51. The molecule has 2 amide bonds. The number of hydrogen-bond acceptors (Lipinski definition) is 4. The molecular formula is C17H22N2O3S. The lowest BCUT2D eigenvalue weighted by Gasteiger charge is -2.23. The van der Waals surface area contributed by atoms with Gasteiger partial charge in [0.2, 0.25) is 0 Å². The quantitative estimate of drug-likeness (QED) is 0.729. The molecule has 2 rings (SSSR count). The normalized spacial score (nSPS) is 14.7. The second-order valence-electron chi connectivity index (χ2n) is 5.48. The first kappa shape index (κ1) is 17.5. The van der Waals surface area contributed by atoms with Crippen molar-refractivity contribution in [2.24, 2.45) is 0 Å². The van der Waals surface area contributed by atoms with Crippen LogP contribution in [-0.2, 0) is 10.3 Å². The van der Waals surface area contributed by atoms with Crippen LogP contribution in [0.15, 0.2) is 47.2 Å². The average molecular weight is 334 g/mol. The van der Waals surface area contributed by atoms with Crippen molar-refractivity contribution in [1.29, 1.82) is 0 Å². The zero-order chi connectivity index (χ0) is 16.7. The first-order chi connectivity index (χ1) is 11.0. The van der Waals surface area contributed by atoms with Crippen molar-refractivity contribution >= 4 is 17.4 Å². The van der Waals surface area contributed by atoms with E-state index >= 15 is 0 Å². The van der Waals surface area contributed by atoms with Gasteiger partial charge in [-0.2, -0.15) is 11.3 Å². The number of nitrogens with one attached hydrogen (secondary N) is 2. The third kappa shape index (κ3) is 5.06. The summed E-state index contributed by atoms with van der Waals surface area (Å²) in [4.78, 5) is 11.9. The van der Waals surface area contributed by atoms with Crippen molar-refractivity contribution in [2.75, 3.05) is 20.2 Å². The maximum absolute atomic E-state index is 11.9. The molecule has 2 atom stereocenters. The van der Waals surface area contributed by atoms with Gasteiger partial charge in [-0.15, -0.1) is 0 Å². The van der Waals surface area contributed by atoms with Crippen LogP contribution in [-0.4, -0.2) is 31.3 Å². The zero-order valence-corrected chi connectivity index (χ0v) is 14.1. The molecule has 1 aromatic heterocycles. The predicted octanol–water partition coefficient (Wildman–Crippen LogP) is 2.64. The average Bonchev–Trinajstić information content (AvgIpc) is 3.10. The highest BCUT2D eigenvalue weighted by Crippen LogP contribution is 2.22. The standard InChI is InChI=1S/C17H22N2O3S/c1-17(21,14-8-9-23-11-14)12-19-16(20)18-10-15(22-2)13-6-4-3-5-7-13/h3-9,11,15,21H,10,12H2,1-2H3,(H2,18,19,20)/t15-,17-/m0/s1. The van der Waals surface area contributed by atoms with Crippen LogP contribution in [0.25, 0.3) is 0 Å². The van der Waals surface area contributed by atoms with E-state index in [4.69, 9.17) is 4.74 Å². The number of amides is 2. The Morgan fingerprint density at radius 1 is 1.30 bits per heavy atom. The van der Waals surface area contributed by atoms with Crippen molar-refractivity contribution in [1.82, 2.24) is 10.6 Å². The molecule has 3 N–H and O–H groups in total. The molecule has 0 fully saturated rings. The van der Waals surface area contributed by atoms with Crippen molar-refractivity contribution in [3.05, 3.63) is 58.3 Å². The molecule has 6 heteroatoms. The minimum absolute atomic E-state index is 0.137. The van der Waals surface area contributed by atoms with Gasteiger partial charge in [-0.3, -0.25) is 0 Å². The largest absolute Gasteiger partial charge is 0.384 e. The fraction of sp³-hybridized carbons (Fsp3) is 0.353. The molecule has 0 bridgehead atoms. The zero-order valence-electron chi connectivity index (χ0n) is 13.3. The number of urea groups is 1. The Morgan fingerprint density at radius 3 is 2.65 bits per heavy atom. The van der Waals surface area contributed by atoms with E-state index in [0.717, 1.165) is 11.1 Å². The molecule has 2 aromatic rings. The monoisotopic (exact) mass is 334 g/mol. The molecule has 0 saturated heterocycles. The van der Waals surface area contributed by atoms with Crippen LogP contribution in [0, 0.1) is 0 Å². The smallest absolute Gasteiger partial charge is 0.315 e. The molecule has 5 nitrogen and oxygen atoms in total. The number of benzene rings is 1. The van der Waals surface area contributed by atoms with E-state index in [2.05, 4.69) is 10.6 Å². The van der Waals surface area contributed by atoms with Gasteiger partial charge in [-0.25, -0.2) is 4.79 Å². The second kappa shape index (κ2) is 8.10. The second-order valence-corrected chi connectivity index (χ2v) is 6.26. The Kier molecular flexibility index (Phi) is 6.15.